The largest absolute Gasteiger partial charge is 0.324 e. The third-order valence-corrected chi connectivity index (χ3v) is 2.22. The number of nitrogens with zero attached hydrogens (tertiary/aromatic N) is 4. The second-order valence-corrected chi connectivity index (χ2v) is 3.65. The van der Waals surface area contributed by atoms with Crippen LogP contribution in [0.3, 0.4) is 0 Å². The third-order valence-electron chi connectivity index (χ3n) is 2.22. The first-order valence-electron chi connectivity index (χ1n) is 5.24. The first kappa shape index (κ1) is 11.6. The van der Waals surface area contributed by atoms with Gasteiger partial charge in [0.1, 0.15) is 11.8 Å². The molecular formula is C13H9N5. The standard InChI is InChI=1S/C13H9N5/c1-9-5-12(8-15)18-13(16-9)17-11-4-2-3-10(6-11)7-14/h2-6H,1H3,(H,16,17,18). The summed E-state index contributed by atoms with van der Waals surface area (Å²) in [5, 5.41) is 20.6. The van der Waals surface area contributed by atoms with E-state index in [4.69, 9.17) is 10.5 Å². The van der Waals surface area contributed by atoms with Gasteiger partial charge >= 0.3 is 0 Å². The average molecular weight is 235 g/mol. The SMILES string of the molecule is Cc1cc(C#N)nc(Nc2cccc(C#N)c2)n1. The van der Waals surface area contributed by atoms with Crippen molar-refractivity contribution in [2.45, 2.75) is 6.92 Å². The van der Waals surface area contributed by atoms with Crippen molar-refractivity contribution >= 4 is 11.6 Å². The van der Waals surface area contributed by atoms with Crippen molar-refractivity contribution in [1.82, 2.24) is 9.97 Å². The van der Waals surface area contributed by atoms with Gasteiger partial charge in [-0.3, -0.25) is 0 Å². The van der Waals surface area contributed by atoms with E-state index in [1.807, 2.05) is 6.07 Å². The quantitative estimate of drug-likeness (QED) is 0.862. The number of rotatable bonds is 2. The molecule has 0 fully saturated rings. The molecule has 2 rings (SSSR count). The van der Waals surface area contributed by atoms with E-state index in [-0.39, 0.29) is 0 Å². The van der Waals surface area contributed by atoms with Crippen molar-refractivity contribution in [2.24, 2.45) is 0 Å². The molecule has 0 spiro atoms. The van der Waals surface area contributed by atoms with Crippen LogP contribution in [0.2, 0.25) is 0 Å². The molecule has 86 valence electrons. The highest BCUT2D eigenvalue weighted by atomic mass is 15.1. The number of nitriles is 2. The number of benzene rings is 1. The Labute approximate surface area is 104 Å². The molecule has 0 atom stereocenters. The van der Waals surface area contributed by atoms with Gasteiger partial charge in [0.2, 0.25) is 5.95 Å². The van der Waals surface area contributed by atoms with E-state index in [2.05, 4.69) is 21.4 Å². The summed E-state index contributed by atoms with van der Waals surface area (Å²) in [5.41, 5.74) is 2.28. The van der Waals surface area contributed by atoms with Crippen LogP contribution in [-0.4, -0.2) is 9.97 Å². The van der Waals surface area contributed by atoms with Gasteiger partial charge in [0, 0.05) is 11.4 Å². The number of nitrogens with one attached hydrogen (secondary N) is 1. The van der Waals surface area contributed by atoms with Crippen LogP contribution in [0.1, 0.15) is 17.0 Å². The first-order valence-corrected chi connectivity index (χ1v) is 5.24. The van der Waals surface area contributed by atoms with E-state index in [0.29, 0.717) is 28.6 Å². The topological polar surface area (TPSA) is 85.4 Å². The second kappa shape index (κ2) is 4.94. The van der Waals surface area contributed by atoms with E-state index in [9.17, 15) is 0 Å². The predicted molar refractivity (Wildman–Crippen MR) is 65.9 cm³/mol. The molecule has 0 bridgehead atoms. The first-order chi connectivity index (χ1) is 8.71. The van der Waals surface area contributed by atoms with Crippen LogP contribution in [0, 0.1) is 29.6 Å². The molecule has 18 heavy (non-hydrogen) atoms. The molecule has 1 aromatic heterocycles. The van der Waals surface area contributed by atoms with Crippen LogP contribution in [0.15, 0.2) is 30.3 Å². The van der Waals surface area contributed by atoms with Crippen LogP contribution in [0.5, 0.6) is 0 Å². The van der Waals surface area contributed by atoms with Crippen molar-refractivity contribution in [3.63, 3.8) is 0 Å². The molecular weight excluding hydrogens is 226 g/mol. The van der Waals surface area contributed by atoms with Crippen molar-refractivity contribution in [3.8, 4) is 12.1 Å². The van der Waals surface area contributed by atoms with Gasteiger partial charge < -0.3 is 5.32 Å². The maximum absolute atomic E-state index is 8.82. The fourth-order valence-corrected chi connectivity index (χ4v) is 1.48. The minimum Gasteiger partial charge on any atom is -0.324 e. The fraction of sp³-hybridized carbons (Fsp3) is 0.0769. The molecule has 5 nitrogen and oxygen atoms in total. The van der Waals surface area contributed by atoms with E-state index < -0.39 is 0 Å². The zero-order valence-corrected chi connectivity index (χ0v) is 9.68. The highest BCUT2D eigenvalue weighted by Crippen LogP contribution is 2.15. The van der Waals surface area contributed by atoms with Gasteiger partial charge in [-0.2, -0.15) is 10.5 Å². The Morgan fingerprint density at radius 2 is 1.94 bits per heavy atom. The summed E-state index contributed by atoms with van der Waals surface area (Å²) in [6.07, 6.45) is 0. The average Bonchev–Trinajstić information content (AvgIpc) is 2.38. The maximum Gasteiger partial charge on any atom is 0.228 e. The molecule has 0 amide bonds. The molecule has 0 radical (unpaired) electrons. The van der Waals surface area contributed by atoms with Crippen molar-refractivity contribution in [2.75, 3.05) is 5.32 Å². The predicted octanol–water partition coefficient (Wildman–Crippen LogP) is 2.27. The minimum absolute atomic E-state index is 0.307. The lowest BCUT2D eigenvalue weighted by atomic mass is 10.2. The zero-order chi connectivity index (χ0) is 13.0. The van der Waals surface area contributed by atoms with Crippen molar-refractivity contribution in [3.05, 3.63) is 47.3 Å². The zero-order valence-electron chi connectivity index (χ0n) is 9.68. The van der Waals surface area contributed by atoms with Gasteiger partial charge in [0.25, 0.3) is 0 Å². The summed E-state index contributed by atoms with van der Waals surface area (Å²) >= 11 is 0. The van der Waals surface area contributed by atoms with E-state index in [1.54, 1.807) is 37.3 Å². The van der Waals surface area contributed by atoms with Crippen LogP contribution < -0.4 is 5.32 Å². The Bertz CT molecular complexity index is 664. The van der Waals surface area contributed by atoms with Crippen LogP contribution >= 0.6 is 0 Å². The molecule has 5 heteroatoms. The minimum atomic E-state index is 0.307. The van der Waals surface area contributed by atoms with E-state index >= 15 is 0 Å². The Kier molecular flexibility index (Phi) is 3.17. The molecule has 1 N–H and O–H groups in total. The van der Waals surface area contributed by atoms with Crippen LogP contribution in [0.4, 0.5) is 11.6 Å². The molecule has 0 aliphatic carbocycles. The maximum atomic E-state index is 8.82. The molecule has 1 heterocycles. The second-order valence-electron chi connectivity index (χ2n) is 3.65. The summed E-state index contributed by atoms with van der Waals surface area (Å²) < 4.78 is 0. The summed E-state index contributed by atoms with van der Waals surface area (Å²) in [4.78, 5) is 8.21. The molecule has 2 aromatic rings. The van der Waals surface area contributed by atoms with Crippen molar-refractivity contribution < 1.29 is 0 Å². The molecule has 0 aliphatic heterocycles. The van der Waals surface area contributed by atoms with Crippen LogP contribution in [-0.2, 0) is 0 Å². The van der Waals surface area contributed by atoms with Gasteiger partial charge in [-0.15, -0.1) is 0 Å². The smallest absolute Gasteiger partial charge is 0.228 e. The Morgan fingerprint density at radius 1 is 1.11 bits per heavy atom. The molecule has 0 unspecified atom stereocenters. The van der Waals surface area contributed by atoms with Gasteiger partial charge in [-0.1, -0.05) is 6.07 Å². The summed E-state index contributed by atoms with van der Waals surface area (Å²) in [5.74, 6) is 0.349. The van der Waals surface area contributed by atoms with Gasteiger partial charge in [0.15, 0.2) is 0 Å². The van der Waals surface area contributed by atoms with Crippen molar-refractivity contribution in [1.29, 1.82) is 10.5 Å². The number of aromatic nitrogens is 2. The van der Waals surface area contributed by atoms with E-state index in [0.717, 1.165) is 0 Å². The number of hydrogen-bond acceptors (Lipinski definition) is 5. The monoisotopic (exact) mass is 235 g/mol. The Balaban J connectivity index is 2.31. The molecule has 0 aliphatic rings. The van der Waals surface area contributed by atoms with Gasteiger partial charge in [-0.05, 0) is 31.2 Å². The molecule has 1 aromatic carbocycles. The lowest BCUT2D eigenvalue weighted by Crippen LogP contribution is -2.00. The molecule has 0 saturated heterocycles. The number of hydrogen-bond donors (Lipinski definition) is 1. The van der Waals surface area contributed by atoms with Gasteiger partial charge in [0.05, 0.1) is 11.6 Å². The highest BCUT2D eigenvalue weighted by Gasteiger charge is 2.02. The Hall–Kier alpha value is -2.92. The summed E-state index contributed by atoms with van der Waals surface area (Å²) in [7, 11) is 0. The number of anilines is 2. The number of aryl methyl sites for hydroxylation is 1. The lowest BCUT2D eigenvalue weighted by Gasteiger charge is -2.05. The Morgan fingerprint density at radius 3 is 2.67 bits per heavy atom. The third kappa shape index (κ3) is 2.60. The molecule has 0 saturated carbocycles. The lowest BCUT2D eigenvalue weighted by molar-refractivity contribution is 1.09. The van der Waals surface area contributed by atoms with E-state index in [1.165, 1.54) is 0 Å². The van der Waals surface area contributed by atoms with Gasteiger partial charge in [-0.25, -0.2) is 9.97 Å². The fourth-order valence-electron chi connectivity index (χ4n) is 1.48. The normalized spacial score (nSPS) is 9.28. The summed E-state index contributed by atoms with van der Waals surface area (Å²) in [6.45, 7) is 1.79. The summed E-state index contributed by atoms with van der Waals surface area (Å²) in [6, 6.07) is 12.6. The highest BCUT2D eigenvalue weighted by molar-refractivity contribution is 5.56. The van der Waals surface area contributed by atoms with Crippen LogP contribution in [0.25, 0.3) is 0 Å².